The van der Waals surface area contributed by atoms with Gasteiger partial charge in [0.15, 0.2) is 0 Å². The molecule has 5 heteroatoms. The first-order chi connectivity index (χ1) is 7.75. The molecule has 0 saturated heterocycles. The van der Waals surface area contributed by atoms with Crippen molar-refractivity contribution in [3.8, 4) is 0 Å². The fraction of sp³-hybridized carbons (Fsp3) is 0.917. The lowest BCUT2D eigenvalue weighted by molar-refractivity contribution is -0.579. The third-order valence-electron chi connectivity index (χ3n) is 4.02. The van der Waals surface area contributed by atoms with Crippen LogP contribution in [0.25, 0.3) is 0 Å². The quantitative estimate of drug-likeness (QED) is 0.604. The molecule has 1 N–H and O–H groups in total. The highest BCUT2D eigenvalue weighted by atomic mass is 16.6. The van der Waals surface area contributed by atoms with Gasteiger partial charge in [0.25, 0.3) is 0 Å². The maximum atomic E-state index is 11.5. The average molecular weight is 243 g/mol. The Morgan fingerprint density at radius 3 is 2.53 bits per heavy atom. The monoisotopic (exact) mass is 243 g/mol. The van der Waals surface area contributed by atoms with Crippen molar-refractivity contribution in [2.24, 2.45) is 5.92 Å². The molecule has 0 heterocycles. The maximum absolute atomic E-state index is 11.5. The molecule has 1 rings (SSSR count). The number of carbonyl (C=O) groups excluding carboxylic acids is 1. The fourth-order valence-electron chi connectivity index (χ4n) is 2.89. The van der Waals surface area contributed by atoms with Crippen LogP contribution in [0, 0.1) is 16.0 Å². The zero-order chi connectivity index (χ0) is 13.3. The molecule has 3 atom stereocenters. The van der Waals surface area contributed by atoms with E-state index in [1.807, 2.05) is 6.92 Å². The lowest BCUT2D eigenvalue weighted by Gasteiger charge is -2.41. The van der Waals surface area contributed by atoms with Gasteiger partial charge in [-0.2, -0.15) is 0 Å². The first-order valence-corrected chi connectivity index (χ1v) is 6.12. The Morgan fingerprint density at radius 2 is 2.12 bits per heavy atom. The number of rotatable bonds is 4. The Balaban J connectivity index is 3.00. The van der Waals surface area contributed by atoms with E-state index in [0.29, 0.717) is 25.7 Å². The van der Waals surface area contributed by atoms with Gasteiger partial charge in [-0.25, -0.2) is 0 Å². The third-order valence-corrected chi connectivity index (χ3v) is 4.02. The van der Waals surface area contributed by atoms with Crippen molar-refractivity contribution < 1.29 is 14.8 Å². The Bertz CT molecular complexity index is 326. The molecule has 5 nitrogen and oxygen atoms in total. The summed E-state index contributed by atoms with van der Waals surface area (Å²) in [5.41, 5.74) is -2.12. The number of nitrogens with zero attached hydrogens (tertiary/aromatic N) is 1. The van der Waals surface area contributed by atoms with E-state index in [2.05, 4.69) is 0 Å². The van der Waals surface area contributed by atoms with Crippen LogP contribution in [0.3, 0.4) is 0 Å². The van der Waals surface area contributed by atoms with Gasteiger partial charge in [-0.15, -0.1) is 0 Å². The van der Waals surface area contributed by atoms with E-state index in [1.165, 1.54) is 6.92 Å². The Labute approximate surface area is 101 Å². The van der Waals surface area contributed by atoms with Crippen molar-refractivity contribution >= 4 is 5.78 Å². The summed E-state index contributed by atoms with van der Waals surface area (Å²) in [5.74, 6) is -0.773. The molecule has 1 aliphatic carbocycles. The Kier molecular flexibility index (Phi) is 3.91. The zero-order valence-electron chi connectivity index (χ0n) is 10.7. The number of ketones is 1. The summed E-state index contributed by atoms with van der Waals surface area (Å²) < 4.78 is 0. The predicted molar refractivity (Wildman–Crippen MR) is 63.3 cm³/mol. The molecule has 0 bridgehead atoms. The van der Waals surface area contributed by atoms with E-state index in [-0.39, 0.29) is 17.1 Å². The highest BCUT2D eigenvalue weighted by Crippen LogP contribution is 2.43. The molecule has 0 aromatic heterocycles. The van der Waals surface area contributed by atoms with E-state index in [1.54, 1.807) is 6.92 Å². The van der Waals surface area contributed by atoms with Gasteiger partial charge < -0.3 is 5.11 Å². The standard InChI is InChI=1S/C12H21NO4/c1-4-5-12(13(16)17)7-6-11(3,15)10(8-12)9(2)14/h10,15H,4-8H2,1-3H3/t10-,11+,12+/m0/s1. The van der Waals surface area contributed by atoms with Crippen molar-refractivity contribution in [2.45, 2.75) is 64.0 Å². The van der Waals surface area contributed by atoms with Gasteiger partial charge in [-0.3, -0.25) is 14.9 Å². The lowest BCUT2D eigenvalue weighted by Crippen LogP contribution is -2.53. The van der Waals surface area contributed by atoms with Gasteiger partial charge in [-0.05, 0) is 26.7 Å². The fourth-order valence-corrected chi connectivity index (χ4v) is 2.89. The van der Waals surface area contributed by atoms with Gasteiger partial charge in [0.1, 0.15) is 5.78 Å². The van der Waals surface area contributed by atoms with Gasteiger partial charge in [0.05, 0.1) is 11.5 Å². The van der Waals surface area contributed by atoms with Crippen LogP contribution in [0.2, 0.25) is 0 Å². The van der Waals surface area contributed by atoms with E-state index >= 15 is 0 Å². The summed E-state index contributed by atoms with van der Waals surface area (Å²) in [6, 6.07) is 0. The lowest BCUT2D eigenvalue weighted by atomic mass is 9.65. The summed E-state index contributed by atoms with van der Waals surface area (Å²) in [5, 5.41) is 21.4. The summed E-state index contributed by atoms with van der Waals surface area (Å²) in [6.45, 7) is 4.91. The van der Waals surface area contributed by atoms with Crippen molar-refractivity contribution in [3.05, 3.63) is 10.1 Å². The minimum atomic E-state index is -1.10. The average Bonchev–Trinajstić information content (AvgIpc) is 2.20. The maximum Gasteiger partial charge on any atom is 0.223 e. The second-order valence-electron chi connectivity index (χ2n) is 5.46. The smallest absolute Gasteiger partial charge is 0.223 e. The Hall–Kier alpha value is -0.970. The number of Topliss-reactive ketones (excluding diaryl/α,β-unsaturated/α-hetero) is 1. The van der Waals surface area contributed by atoms with E-state index in [4.69, 9.17) is 0 Å². The second-order valence-corrected chi connectivity index (χ2v) is 5.46. The van der Waals surface area contributed by atoms with E-state index in [0.717, 1.165) is 0 Å². The number of hydrogen-bond acceptors (Lipinski definition) is 4. The molecule has 0 amide bonds. The van der Waals surface area contributed by atoms with E-state index < -0.39 is 17.1 Å². The zero-order valence-corrected chi connectivity index (χ0v) is 10.7. The van der Waals surface area contributed by atoms with Gasteiger partial charge in [0, 0.05) is 24.2 Å². The second kappa shape index (κ2) is 4.72. The minimum absolute atomic E-state index is 0.156. The molecule has 0 unspecified atom stereocenters. The first-order valence-electron chi connectivity index (χ1n) is 6.12. The van der Waals surface area contributed by atoms with Crippen molar-refractivity contribution in [3.63, 3.8) is 0 Å². The SMILES string of the molecule is CCC[C@@]1([N+](=O)[O-])CC[C@@](C)(O)[C@H](C(C)=O)C1. The highest BCUT2D eigenvalue weighted by molar-refractivity contribution is 5.79. The van der Waals surface area contributed by atoms with Crippen LogP contribution in [-0.2, 0) is 4.79 Å². The number of aliphatic hydroxyl groups is 1. The number of carbonyl (C=O) groups is 1. The predicted octanol–water partition coefficient (Wildman–Crippen LogP) is 1.94. The van der Waals surface area contributed by atoms with Crippen LogP contribution in [-0.4, -0.2) is 27.0 Å². The molecular weight excluding hydrogens is 222 g/mol. The van der Waals surface area contributed by atoms with Crippen LogP contribution in [0.1, 0.15) is 52.9 Å². The van der Waals surface area contributed by atoms with Crippen LogP contribution < -0.4 is 0 Å². The molecule has 98 valence electrons. The summed E-state index contributed by atoms with van der Waals surface area (Å²) >= 11 is 0. The molecule has 17 heavy (non-hydrogen) atoms. The molecule has 0 aromatic rings. The molecule has 0 aromatic carbocycles. The molecule has 1 fully saturated rings. The van der Waals surface area contributed by atoms with E-state index in [9.17, 15) is 20.0 Å². The first kappa shape index (κ1) is 14.1. The van der Waals surface area contributed by atoms with Crippen LogP contribution >= 0.6 is 0 Å². The van der Waals surface area contributed by atoms with Crippen LogP contribution in [0.15, 0.2) is 0 Å². The Morgan fingerprint density at radius 1 is 1.53 bits per heavy atom. The number of nitro groups is 1. The molecule has 1 saturated carbocycles. The summed E-state index contributed by atoms with van der Waals surface area (Å²) in [7, 11) is 0. The minimum Gasteiger partial charge on any atom is -0.389 e. The van der Waals surface area contributed by atoms with Crippen molar-refractivity contribution in [2.75, 3.05) is 0 Å². The largest absolute Gasteiger partial charge is 0.389 e. The van der Waals surface area contributed by atoms with Gasteiger partial charge >= 0.3 is 0 Å². The summed E-state index contributed by atoms with van der Waals surface area (Å²) in [6.07, 6.45) is 2.02. The van der Waals surface area contributed by atoms with Crippen LogP contribution in [0.4, 0.5) is 0 Å². The van der Waals surface area contributed by atoms with Crippen molar-refractivity contribution in [1.29, 1.82) is 0 Å². The molecule has 0 spiro atoms. The highest BCUT2D eigenvalue weighted by Gasteiger charge is 2.54. The van der Waals surface area contributed by atoms with Crippen molar-refractivity contribution in [1.82, 2.24) is 0 Å². The molecule has 0 radical (unpaired) electrons. The topological polar surface area (TPSA) is 80.4 Å². The molecule has 0 aliphatic heterocycles. The summed E-state index contributed by atoms with van der Waals surface area (Å²) in [4.78, 5) is 22.6. The number of hydrogen-bond donors (Lipinski definition) is 1. The van der Waals surface area contributed by atoms with Gasteiger partial charge in [-0.1, -0.05) is 6.92 Å². The molecular formula is C12H21NO4. The third kappa shape index (κ3) is 2.65. The normalized spacial score (nSPS) is 37.8. The van der Waals surface area contributed by atoms with Crippen LogP contribution in [0.5, 0.6) is 0 Å². The van der Waals surface area contributed by atoms with Gasteiger partial charge in [0.2, 0.25) is 5.54 Å². The molecule has 1 aliphatic rings.